The highest BCUT2D eigenvalue weighted by Gasteiger charge is 2.71. The predicted octanol–water partition coefficient (Wildman–Crippen LogP) is 5.77. The highest BCUT2D eigenvalue weighted by atomic mass is 19.1. The lowest BCUT2D eigenvalue weighted by Crippen LogP contribution is -2.60. The normalized spacial score (nSPS) is 47.5. The fourth-order valence-electron chi connectivity index (χ4n) is 9.03. The minimum atomic E-state index is -1.09. The van der Waals surface area contributed by atoms with Crippen LogP contribution in [0.15, 0.2) is 11.6 Å². The Labute approximate surface area is 197 Å². The lowest BCUT2D eigenvalue weighted by Gasteiger charge is -2.59. The Bertz CT molecular complexity index is 910. The van der Waals surface area contributed by atoms with E-state index in [1.807, 2.05) is 0 Å². The van der Waals surface area contributed by atoms with Crippen molar-refractivity contribution in [2.45, 2.75) is 104 Å². The van der Waals surface area contributed by atoms with E-state index in [0.29, 0.717) is 25.2 Å². The zero-order valence-electron chi connectivity index (χ0n) is 20.6. The van der Waals surface area contributed by atoms with Gasteiger partial charge in [-0.1, -0.05) is 33.6 Å². The summed E-state index contributed by atoms with van der Waals surface area (Å²) in [6, 6.07) is 0. The van der Waals surface area contributed by atoms with Gasteiger partial charge in [0.05, 0.1) is 0 Å². The van der Waals surface area contributed by atoms with Crippen molar-refractivity contribution in [3.05, 3.63) is 11.6 Å². The number of esters is 1. The van der Waals surface area contributed by atoms with Crippen molar-refractivity contribution in [2.75, 3.05) is 0 Å². The molecule has 5 aliphatic carbocycles. The molecule has 9 atom stereocenters. The van der Waals surface area contributed by atoms with E-state index >= 15 is 4.39 Å². The molecule has 4 saturated carbocycles. The third-order valence-corrected chi connectivity index (χ3v) is 10.8. The summed E-state index contributed by atoms with van der Waals surface area (Å²) >= 11 is 0. The maximum absolute atomic E-state index is 15.6. The van der Waals surface area contributed by atoms with E-state index in [2.05, 4.69) is 20.8 Å². The highest BCUT2D eigenvalue weighted by molar-refractivity contribution is 5.96. The Balaban J connectivity index is 1.45. The molecule has 0 N–H and O–H groups in total. The van der Waals surface area contributed by atoms with Crippen molar-refractivity contribution >= 4 is 17.5 Å². The second-order valence-corrected chi connectivity index (χ2v) is 12.1. The number of unbranched alkanes of at least 4 members (excludes halogenated alkanes) is 2. The molecule has 5 heteroatoms. The van der Waals surface area contributed by atoms with Crippen LogP contribution in [0.5, 0.6) is 0 Å². The summed E-state index contributed by atoms with van der Waals surface area (Å²) < 4.78 is 21.8. The first kappa shape index (κ1) is 23.2. The van der Waals surface area contributed by atoms with Crippen LogP contribution in [0.3, 0.4) is 0 Å². The quantitative estimate of drug-likeness (QED) is 0.374. The third-order valence-electron chi connectivity index (χ3n) is 10.8. The first-order chi connectivity index (χ1) is 15.6. The van der Waals surface area contributed by atoms with E-state index in [0.717, 1.165) is 50.5 Å². The number of allylic oxidation sites excluding steroid dienone is 1. The molecule has 4 nitrogen and oxygen atoms in total. The molecule has 182 valence electrons. The van der Waals surface area contributed by atoms with E-state index in [1.54, 1.807) is 13.0 Å². The lowest BCUT2D eigenvalue weighted by atomic mass is 9.45. The molecule has 33 heavy (non-hydrogen) atoms. The molecule has 0 heterocycles. The number of halogens is 1. The number of rotatable bonds is 6. The Morgan fingerprint density at radius 1 is 1.09 bits per heavy atom. The summed E-state index contributed by atoms with van der Waals surface area (Å²) in [5, 5.41) is 0. The van der Waals surface area contributed by atoms with Crippen molar-refractivity contribution in [3.8, 4) is 0 Å². The molecule has 0 saturated heterocycles. The number of hydrogen-bond acceptors (Lipinski definition) is 4. The first-order valence-electron chi connectivity index (χ1n) is 13.2. The van der Waals surface area contributed by atoms with Gasteiger partial charge < -0.3 is 4.74 Å². The van der Waals surface area contributed by atoms with Crippen LogP contribution in [0.4, 0.5) is 4.39 Å². The van der Waals surface area contributed by atoms with E-state index in [1.165, 1.54) is 0 Å². The molecule has 5 aliphatic rings. The van der Waals surface area contributed by atoms with Gasteiger partial charge in [-0.2, -0.15) is 0 Å². The van der Waals surface area contributed by atoms with Crippen LogP contribution in [-0.2, 0) is 19.1 Å². The molecule has 0 radical (unpaired) electrons. The molecule has 5 rings (SSSR count). The SMILES string of the molecule is CCCCCC(=O)O[C@@]1(C(C)=O)CC[C@H]2[C@@H]3C[C@@H](F)C4=CC(=O)C5CC5[C@@]4(C)[C@@H]3CC[C@@]21C. The smallest absolute Gasteiger partial charge is 0.306 e. The summed E-state index contributed by atoms with van der Waals surface area (Å²) in [6.07, 6.45) is 8.07. The van der Waals surface area contributed by atoms with Gasteiger partial charge in [0.2, 0.25) is 0 Å². The van der Waals surface area contributed by atoms with Gasteiger partial charge >= 0.3 is 5.97 Å². The Morgan fingerprint density at radius 2 is 1.82 bits per heavy atom. The van der Waals surface area contributed by atoms with Gasteiger partial charge in [-0.25, -0.2) is 4.39 Å². The van der Waals surface area contributed by atoms with Gasteiger partial charge in [-0.3, -0.25) is 14.4 Å². The molecule has 0 bridgehead atoms. The van der Waals surface area contributed by atoms with Crippen LogP contribution in [0.25, 0.3) is 0 Å². The predicted molar refractivity (Wildman–Crippen MR) is 123 cm³/mol. The Morgan fingerprint density at radius 3 is 2.52 bits per heavy atom. The van der Waals surface area contributed by atoms with E-state index in [4.69, 9.17) is 4.74 Å². The van der Waals surface area contributed by atoms with Crippen LogP contribution in [0, 0.1) is 40.4 Å². The average molecular weight is 459 g/mol. The zero-order valence-corrected chi connectivity index (χ0v) is 20.6. The Kier molecular flexibility index (Phi) is 5.45. The van der Waals surface area contributed by atoms with Crippen LogP contribution in [-0.4, -0.2) is 29.3 Å². The molecule has 0 amide bonds. The van der Waals surface area contributed by atoms with Crippen molar-refractivity contribution in [2.24, 2.45) is 40.4 Å². The number of alkyl halides is 1. The number of carbonyl (C=O) groups is 3. The van der Waals surface area contributed by atoms with Gasteiger partial charge in [-0.05, 0) is 92.6 Å². The van der Waals surface area contributed by atoms with Gasteiger partial charge in [0.25, 0.3) is 0 Å². The largest absolute Gasteiger partial charge is 0.450 e. The number of hydrogen-bond donors (Lipinski definition) is 0. The second kappa shape index (κ2) is 7.75. The number of ketones is 2. The van der Waals surface area contributed by atoms with Crippen molar-refractivity contribution < 1.29 is 23.5 Å². The van der Waals surface area contributed by atoms with Crippen LogP contribution in [0.2, 0.25) is 0 Å². The van der Waals surface area contributed by atoms with Crippen molar-refractivity contribution in [1.29, 1.82) is 0 Å². The lowest BCUT2D eigenvalue weighted by molar-refractivity contribution is -0.190. The number of fused-ring (bicyclic) bond motifs is 7. The highest BCUT2D eigenvalue weighted by Crippen LogP contribution is 2.72. The molecule has 0 aliphatic heterocycles. The molecular formula is C28H39FO4. The number of Topliss-reactive ketones (excluding diaryl/α,β-unsaturated/α-hetero) is 1. The van der Waals surface area contributed by atoms with Gasteiger partial charge in [0.15, 0.2) is 17.2 Å². The summed E-state index contributed by atoms with van der Waals surface area (Å²) in [5.74, 6) is 0.821. The van der Waals surface area contributed by atoms with Crippen LogP contribution >= 0.6 is 0 Å². The monoisotopic (exact) mass is 458 g/mol. The summed E-state index contributed by atoms with van der Waals surface area (Å²) in [7, 11) is 0. The standard InChI is InChI=1S/C28H39FO4/c1-5-6-7-8-25(32)33-28(16(2)30)12-10-19-17-14-23(29)22-15-24(31)18-13-21(18)27(22,4)20(17)9-11-26(19,28)3/h15,17-21,23H,5-14H2,1-4H3/t17-,18?,19-,20+,21?,23+,26-,27+,28+/m0/s1. The molecule has 0 aromatic carbocycles. The van der Waals surface area contributed by atoms with E-state index < -0.39 is 17.2 Å². The molecule has 0 aromatic heterocycles. The van der Waals surface area contributed by atoms with Crippen LogP contribution in [0.1, 0.15) is 91.9 Å². The number of carbonyl (C=O) groups excluding carboxylic acids is 3. The van der Waals surface area contributed by atoms with Crippen molar-refractivity contribution in [3.63, 3.8) is 0 Å². The topological polar surface area (TPSA) is 60.4 Å². The maximum Gasteiger partial charge on any atom is 0.306 e. The van der Waals surface area contributed by atoms with Crippen molar-refractivity contribution in [1.82, 2.24) is 0 Å². The molecule has 4 fully saturated rings. The first-order valence-corrected chi connectivity index (χ1v) is 13.2. The van der Waals surface area contributed by atoms with Gasteiger partial charge in [-0.15, -0.1) is 0 Å². The minimum Gasteiger partial charge on any atom is -0.450 e. The summed E-state index contributed by atoms with van der Waals surface area (Å²) in [6.45, 7) is 8.01. The summed E-state index contributed by atoms with van der Waals surface area (Å²) in [4.78, 5) is 38.3. The Hall–Kier alpha value is -1.52. The third kappa shape index (κ3) is 3.09. The molecular weight excluding hydrogens is 419 g/mol. The molecule has 2 unspecified atom stereocenters. The maximum atomic E-state index is 15.6. The van der Waals surface area contributed by atoms with E-state index in [9.17, 15) is 14.4 Å². The molecule has 0 spiro atoms. The average Bonchev–Trinajstić information content (AvgIpc) is 3.51. The van der Waals surface area contributed by atoms with Gasteiger partial charge in [0.1, 0.15) is 6.17 Å². The fraction of sp³-hybridized carbons (Fsp3) is 0.821. The van der Waals surface area contributed by atoms with E-state index in [-0.39, 0.29) is 46.6 Å². The number of ether oxygens (including phenoxy) is 1. The molecule has 0 aromatic rings. The zero-order chi connectivity index (χ0) is 23.8. The minimum absolute atomic E-state index is 0.0558. The summed E-state index contributed by atoms with van der Waals surface area (Å²) in [5.41, 5.74) is -1.04. The fourth-order valence-corrected chi connectivity index (χ4v) is 9.03. The second-order valence-electron chi connectivity index (χ2n) is 12.1. The van der Waals surface area contributed by atoms with Gasteiger partial charge in [0, 0.05) is 17.8 Å². The van der Waals surface area contributed by atoms with Crippen LogP contribution < -0.4 is 0 Å².